The van der Waals surface area contributed by atoms with E-state index >= 15 is 0 Å². The monoisotopic (exact) mass is 556 g/mol. The van der Waals surface area contributed by atoms with E-state index in [9.17, 15) is 4.79 Å². The number of nitrogens with one attached hydrogen (secondary N) is 1. The zero-order valence-corrected chi connectivity index (χ0v) is 23.6. The molecule has 0 saturated carbocycles. The molecule has 1 aliphatic heterocycles. The highest BCUT2D eigenvalue weighted by Crippen LogP contribution is 2.30. The third kappa shape index (κ3) is 8.06. The Labute approximate surface area is 241 Å². The first-order valence-electron chi connectivity index (χ1n) is 14.1. The minimum atomic E-state index is 0.0544. The molecule has 0 spiro atoms. The van der Waals surface area contributed by atoms with Crippen molar-refractivity contribution in [2.75, 3.05) is 39.3 Å². The Kier molecular flexibility index (Phi) is 10.7. The number of fused-ring (bicyclic) bond motifs is 1. The minimum absolute atomic E-state index is 0.0544. The van der Waals surface area contributed by atoms with Crippen LogP contribution in [0.5, 0.6) is 11.5 Å². The van der Waals surface area contributed by atoms with Gasteiger partial charge >= 0.3 is 0 Å². The number of nitrogens with two attached hydrogens (primary N) is 3. The molecule has 1 fully saturated rings. The van der Waals surface area contributed by atoms with Crippen LogP contribution < -0.4 is 27.3 Å². The number of carbonyl (C=O) groups is 1. The highest BCUT2D eigenvalue weighted by Gasteiger charge is 2.20. The summed E-state index contributed by atoms with van der Waals surface area (Å²) in [7, 11) is 0. The van der Waals surface area contributed by atoms with Gasteiger partial charge in [-0.25, -0.2) is 4.98 Å². The highest BCUT2D eigenvalue weighted by molar-refractivity contribution is 5.98. The SMILES string of the molecule is CCCN=C(N)N.NCCn1c(-c2cccc(Oc3ccccc3)c2)nc2cc(C(=O)N3CCCNCC3)ccc21. The number of aromatic nitrogens is 2. The van der Waals surface area contributed by atoms with Crippen LogP contribution in [0.1, 0.15) is 30.1 Å². The Bertz CT molecular complexity index is 1440. The molecule has 4 aromatic rings. The lowest BCUT2D eigenvalue weighted by atomic mass is 10.1. The number of hydrogen-bond donors (Lipinski definition) is 4. The van der Waals surface area contributed by atoms with Gasteiger partial charge in [-0.1, -0.05) is 37.3 Å². The molecule has 216 valence electrons. The maximum absolute atomic E-state index is 13.1. The van der Waals surface area contributed by atoms with Crippen molar-refractivity contribution in [3.63, 3.8) is 0 Å². The number of aliphatic imine (C=N–C) groups is 1. The van der Waals surface area contributed by atoms with Crippen molar-refractivity contribution in [3.05, 3.63) is 78.4 Å². The smallest absolute Gasteiger partial charge is 0.253 e. The topological polar surface area (TPSA) is 150 Å². The van der Waals surface area contributed by atoms with E-state index in [2.05, 4.69) is 14.9 Å². The van der Waals surface area contributed by atoms with Gasteiger partial charge in [0.05, 0.1) is 11.0 Å². The van der Waals surface area contributed by atoms with Crippen molar-refractivity contribution in [2.45, 2.75) is 26.3 Å². The number of guanidine groups is 1. The molecular weight excluding hydrogens is 516 g/mol. The first kappa shape index (κ1) is 29.6. The van der Waals surface area contributed by atoms with Crippen LogP contribution >= 0.6 is 0 Å². The number of amides is 1. The van der Waals surface area contributed by atoms with Crippen molar-refractivity contribution >= 4 is 22.9 Å². The van der Waals surface area contributed by atoms with Gasteiger partial charge in [0.2, 0.25) is 0 Å². The predicted octanol–water partition coefficient (Wildman–Crippen LogP) is 3.56. The van der Waals surface area contributed by atoms with Crippen molar-refractivity contribution in [3.8, 4) is 22.9 Å². The van der Waals surface area contributed by atoms with Crippen LogP contribution in [-0.2, 0) is 6.54 Å². The van der Waals surface area contributed by atoms with Crippen LogP contribution in [0.2, 0.25) is 0 Å². The Balaban J connectivity index is 0.000000493. The second kappa shape index (κ2) is 14.8. The summed E-state index contributed by atoms with van der Waals surface area (Å²) in [5.74, 6) is 2.56. The average molecular weight is 557 g/mol. The first-order chi connectivity index (χ1) is 20.0. The van der Waals surface area contributed by atoms with E-state index in [4.69, 9.17) is 26.9 Å². The molecular formula is C31H40N8O2. The summed E-state index contributed by atoms with van der Waals surface area (Å²) in [6.45, 7) is 7.13. The second-order valence-electron chi connectivity index (χ2n) is 9.72. The molecule has 41 heavy (non-hydrogen) atoms. The van der Waals surface area contributed by atoms with Crippen LogP contribution in [-0.4, -0.2) is 65.6 Å². The fourth-order valence-corrected chi connectivity index (χ4v) is 4.63. The fourth-order valence-electron chi connectivity index (χ4n) is 4.63. The van der Waals surface area contributed by atoms with E-state index in [-0.39, 0.29) is 11.9 Å². The highest BCUT2D eigenvalue weighted by atomic mass is 16.5. The van der Waals surface area contributed by atoms with Gasteiger partial charge in [0.1, 0.15) is 17.3 Å². The number of benzene rings is 3. The van der Waals surface area contributed by atoms with E-state index in [1.54, 1.807) is 0 Å². The Morgan fingerprint density at radius 3 is 2.54 bits per heavy atom. The molecule has 0 aliphatic carbocycles. The van der Waals surface area contributed by atoms with Crippen molar-refractivity contribution < 1.29 is 9.53 Å². The molecule has 0 atom stereocenters. The zero-order chi connectivity index (χ0) is 29.0. The number of para-hydroxylation sites is 1. The molecule has 7 N–H and O–H groups in total. The lowest BCUT2D eigenvalue weighted by Crippen LogP contribution is -2.34. The van der Waals surface area contributed by atoms with Crippen molar-refractivity contribution in [1.82, 2.24) is 19.8 Å². The van der Waals surface area contributed by atoms with Crippen molar-refractivity contribution in [2.24, 2.45) is 22.2 Å². The van der Waals surface area contributed by atoms with Crippen LogP contribution in [0.25, 0.3) is 22.4 Å². The molecule has 1 aliphatic rings. The molecule has 3 aromatic carbocycles. The lowest BCUT2D eigenvalue weighted by molar-refractivity contribution is 0.0766. The second-order valence-corrected chi connectivity index (χ2v) is 9.72. The van der Waals surface area contributed by atoms with Crippen LogP contribution in [0, 0.1) is 0 Å². The molecule has 0 bridgehead atoms. The predicted molar refractivity (Wildman–Crippen MR) is 165 cm³/mol. The Morgan fingerprint density at radius 2 is 1.80 bits per heavy atom. The quantitative estimate of drug-likeness (QED) is 0.191. The summed E-state index contributed by atoms with van der Waals surface area (Å²) in [6.07, 6.45) is 1.96. The average Bonchev–Trinajstić information content (AvgIpc) is 3.14. The number of imidazole rings is 1. The van der Waals surface area contributed by atoms with Crippen LogP contribution in [0.3, 0.4) is 0 Å². The van der Waals surface area contributed by atoms with Crippen LogP contribution in [0.4, 0.5) is 0 Å². The molecule has 1 saturated heterocycles. The molecule has 5 rings (SSSR count). The van der Waals surface area contributed by atoms with Gasteiger partial charge in [-0.3, -0.25) is 9.79 Å². The van der Waals surface area contributed by atoms with Crippen molar-refractivity contribution in [1.29, 1.82) is 0 Å². The lowest BCUT2D eigenvalue weighted by Gasteiger charge is -2.20. The van der Waals surface area contributed by atoms with Gasteiger partial charge < -0.3 is 36.7 Å². The third-order valence-electron chi connectivity index (χ3n) is 6.56. The van der Waals surface area contributed by atoms with E-state index in [0.29, 0.717) is 18.7 Å². The number of ether oxygens (including phenoxy) is 1. The molecule has 1 aromatic heterocycles. The zero-order valence-electron chi connectivity index (χ0n) is 23.6. The summed E-state index contributed by atoms with van der Waals surface area (Å²) >= 11 is 0. The Morgan fingerprint density at radius 1 is 1.00 bits per heavy atom. The summed E-state index contributed by atoms with van der Waals surface area (Å²) in [5.41, 5.74) is 19.3. The van der Waals surface area contributed by atoms with Gasteiger partial charge in [0.15, 0.2) is 5.96 Å². The molecule has 2 heterocycles. The van der Waals surface area contributed by atoms with Crippen LogP contribution in [0.15, 0.2) is 77.8 Å². The van der Waals surface area contributed by atoms with Gasteiger partial charge in [-0.05, 0) is 61.9 Å². The summed E-state index contributed by atoms with van der Waals surface area (Å²) in [6, 6.07) is 23.4. The molecule has 0 radical (unpaired) electrons. The maximum atomic E-state index is 13.1. The molecule has 10 nitrogen and oxygen atoms in total. The number of carbonyl (C=O) groups excluding carboxylic acids is 1. The standard InChI is InChI=1S/C27H29N5O2.C4H11N3/c28-12-16-32-25-11-10-21(27(33)31-15-5-13-29-14-17-31)19-24(25)30-26(32)20-6-4-9-23(18-20)34-22-7-2-1-3-8-22;1-2-3-7-4(5)6/h1-4,6-11,18-19,29H,5,12-17,28H2;2-3H2,1H3,(H4,5,6,7). The molecule has 10 heteroatoms. The summed E-state index contributed by atoms with van der Waals surface area (Å²) in [5, 5.41) is 3.34. The van der Waals surface area contributed by atoms with Gasteiger partial charge in [-0.2, -0.15) is 0 Å². The third-order valence-corrected chi connectivity index (χ3v) is 6.56. The van der Waals surface area contributed by atoms with Gasteiger partial charge in [0.25, 0.3) is 5.91 Å². The first-order valence-corrected chi connectivity index (χ1v) is 14.1. The fraction of sp³-hybridized carbons (Fsp3) is 0.323. The van der Waals surface area contributed by atoms with Gasteiger partial charge in [-0.15, -0.1) is 0 Å². The normalized spacial score (nSPS) is 13.2. The summed E-state index contributed by atoms with van der Waals surface area (Å²) < 4.78 is 8.14. The number of hydrogen-bond acceptors (Lipinski definition) is 6. The largest absolute Gasteiger partial charge is 0.457 e. The number of nitrogens with zero attached hydrogens (tertiary/aromatic N) is 4. The van der Waals surface area contributed by atoms with E-state index in [0.717, 1.165) is 79.5 Å². The van der Waals surface area contributed by atoms with E-state index in [1.165, 1.54) is 0 Å². The Hall–Kier alpha value is -4.41. The minimum Gasteiger partial charge on any atom is -0.457 e. The molecule has 1 amide bonds. The van der Waals surface area contributed by atoms with E-state index < -0.39 is 0 Å². The maximum Gasteiger partial charge on any atom is 0.253 e. The summed E-state index contributed by atoms with van der Waals surface area (Å²) in [4.78, 5) is 23.7. The molecule has 0 unspecified atom stereocenters. The van der Waals surface area contributed by atoms with Gasteiger partial charge in [0, 0.05) is 50.4 Å². The van der Waals surface area contributed by atoms with E-state index in [1.807, 2.05) is 84.6 Å². The number of rotatable bonds is 8.